The van der Waals surface area contributed by atoms with Crippen molar-refractivity contribution in [3.63, 3.8) is 0 Å². The minimum atomic E-state index is 0.190. The topological polar surface area (TPSA) is 44.1 Å². The van der Waals surface area contributed by atoms with Crippen LogP contribution in [0.15, 0.2) is 12.3 Å². The highest BCUT2D eigenvalue weighted by molar-refractivity contribution is 5.94. The highest BCUT2D eigenvalue weighted by Crippen LogP contribution is 2.18. The van der Waals surface area contributed by atoms with Gasteiger partial charge in [-0.2, -0.15) is 5.10 Å². The highest BCUT2D eigenvalue weighted by atomic mass is 16.5. The first-order valence-electron chi connectivity index (χ1n) is 6.98. The maximum Gasteiger partial charge on any atom is 0.180 e. The fourth-order valence-electron chi connectivity index (χ4n) is 2.41. The maximum absolute atomic E-state index is 12.1. The summed E-state index contributed by atoms with van der Waals surface area (Å²) < 4.78 is 7.46. The van der Waals surface area contributed by atoms with Crippen molar-refractivity contribution in [1.29, 1.82) is 0 Å². The molecule has 1 saturated heterocycles. The van der Waals surface area contributed by atoms with E-state index >= 15 is 0 Å². The number of carbonyl (C=O) groups is 1. The predicted molar refractivity (Wildman–Crippen MR) is 69.7 cm³/mol. The van der Waals surface area contributed by atoms with E-state index in [2.05, 4.69) is 12.0 Å². The minimum Gasteiger partial charge on any atom is -0.378 e. The van der Waals surface area contributed by atoms with Crippen LogP contribution in [-0.4, -0.2) is 28.3 Å². The van der Waals surface area contributed by atoms with Crippen molar-refractivity contribution in [3.05, 3.63) is 18.0 Å². The molecule has 0 spiro atoms. The minimum absolute atomic E-state index is 0.190. The first-order chi connectivity index (χ1) is 8.81. The van der Waals surface area contributed by atoms with Gasteiger partial charge in [-0.25, -0.2) is 0 Å². The fourth-order valence-corrected chi connectivity index (χ4v) is 2.41. The number of aromatic nitrogens is 2. The molecule has 0 N–H and O–H groups in total. The van der Waals surface area contributed by atoms with Gasteiger partial charge in [0.05, 0.1) is 6.10 Å². The Morgan fingerprint density at radius 2 is 2.44 bits per heavy atom. The third kappa shape index (κ3) is 3.42. The molecule has 4 heteroatoms. The highest BCUT2D eigenvalue weighted by Gasteiger charge is 2.17. The van der Waals surface area contributed by atoms with Gasteiger partial charge in [0, 0.05) is 25.8 Å². The van der Waals surface area contributed by atoms with Crippen LogP contribution in [0.4, 0.5) is 0 Å². The Bertz CT molecular complexity index is 381. The average molecular weight is 250 g/mol. The molecule has 0 aliphatic carbocycles. The van der Waals surface area contributed by atoms with Gasteiger partial charge in [-0.3, -0.25) is 9.48 Å². The van der Waals surface area contributed by atoms with Crippen LogP contribution < -0.4 is 0 Å². The monoisotopic (exact) mass is 250 g/mol. The third-order valence-corrected chi connectivity index (χ3v) is 3.40. The molecule has 18 heavy (non-hydrogen) atoms. The number of carbonyl (C=O) groups excluding carboxylic acids is 1. The molecular weight excluding hydrogens is 228 g/mol. The first kappa shape index (κ1) is 13.3. The molecule has 2 heterocycles. The van der Waals surface area contributed by atoms with Gasteiger partial charge in [0.2, 0.25) is 0 Å². The Balaban J connectivity index is 1.84. The molecule has 1 aromatic rings. The molecule has 1 atom stereocenters. The Morgan fingerprint density at radius 3 is 3.17 bits per heavy atom. The van der Waals surface area contributed by atoms with Crippen molar-refractivity contribution in [1.82, 2.24) is 9.78 Å². The normalized spacial score (nSPS) is 19.9. The third-order valence-electron chi connectivity index (χ3n) is 3.40. The average Bonchev–Trinajstić information content (AvgIpc) is 2.86. The van der Waals surface area contributed by atoms with Gasteiger partial charge in [0.25, 0.3) is 0 Å². The number of hydrogen-bond donors (Lipinski definition) is 0. The van der Waals surface area contributed by atoms with Crippen molar-refractivity contribution in [3.8, 4) is 0 Å². The number of hydrogen-bond acceptors (Lipinski definition) is 3. The number of aryl methyl sites for hydroxylation is 1. The van der Waals surface area contributed by atoms with Crippen LogP contribution in [0.1, 0.15) is 55.9 Å². The lowest BCUT2D eigenvalue weighted by atomic mass is 10.0. The number of nitrogens with zero attached hydrogens (tertiary/aromatic N) is 2. The van der Waals surface area contributed by atoms with Crippen molar-refractivity contribution in [2.45, 2.75) is 58.1 Å². The molecular formula is C14H22N2O2. The summed E-state index contributed by atoms with van der Waals surface area (Å²) in [6.45, 7) is 3.76. The van der Waals surface area contributed by atoms with Crippen LogP contribution in [0, 0.1) is 0 Å². The molecule has 4 nitrogen and oxygen atoms in total. The van der Waals surface area contributed by atoms with Crippen molar-refractivity contribution in [2.75, 3.05) is 6.61 Å². The molecule has 0 saturated carbocycles. The van der Waals surface area contributed by atoms with E-state index in [1.807, 2.05) is 10.7 Å². The molecule has 1 aliphatic heterocycles. The summed E-state index contributed by atoms with van der Waals surface area (Å²) in [5.41, 5.74) is 0.743. The second-order valence-electron chi connectivity index (χ2n) is 4.89. The molecule has 1 fully saturated rings. The standard InChI is InChI=1S/C14H22N2O2/c1-2-10-16-13(8-9-15-16)14(17)7-6-12-5-3-4-11-18-12/h8-9,12H,2-7,10-11H2,1H3. The Kier molecular flexibility index (Phi) is 4.93. The Labute approximate surface area is 108 Å². The number of ketones is 1. The molecule has 100 valence electrons. The SMILES string of the molecule is CCCn1nccc1C(=O)CCC1CCCCO1. The molecule has 0 bridgehead atoms. The van der Waals surface area contributed by atoms with E-state index in [1.54, 1.807) is 6.20 Å². The second kappa shape index (κ2) is 6.69. The van der Waals surface area contributed by atoms with Gasteiger partial charge >= 0.3 is 0 Å². The van der Waals surface area contributed by atoms with Gasteiger partial charge in [-0.1, -0.05) is 6.92 Å². The van der Waals surface area contributed by atoms with Gasteiger partial charge in [-0.05, 0) is 38.2 Å². The van der Waals surface area contributed by atoms with Crippen molar-refractivity contribution >= 4 is 5.78 Å². The van der Waals surface area contributed by atoms with E-state index in [1.165, 1.54) is 6.42 Å². The van der Waals surface area contributed by atoms with E-state index < -0.39 is 0 Å². The molecule has 0 amide bonds. The summed E-state index contributed by atoms with van der Waals surface area (Å²) in [7, 11) is 0. The van der Waals surface area contributed by atoms with Crippen LogP contribution in [-0.2, 0) is 11.3 Å². The van der Waals surface area contributed by atoms with Gasteiger partial charge in [-0.15, -0.1) is 0 Å². The van der Waals surface area contributed by atoms with Crippen molar-refractivity contribution < 1.29 is 9.53 Å². The van der Waals surface area contributed by atoms with Crippen molar-refractivity contribution in [2.24, 2.45) is 0 Å². The number of ether oxygens (including phenoxy) is 1. The zero-order chi connectivity index (χ0) is 12.8. The van der Waals surface area contributed by atoms with E-state index in [-0.39, 0.29) is 11.9 Å². The maximum atomic E-state index is 12.1. The van der Waals surface area contributed by atoms with E-state index in [4.69, 9.17) is 4.74 Å². The molecule has 1 aliphatic rings. The van der Waals surface area contributed by atoms with Crippen LogP contribution in [0.25, 0.3) is 0 Å². The smallest absolute Gasteiger partial charge is 0.180 e. The zero-order valence-corrected chi connectivity index (χ0v) is 11.1. The molecule has 2 rings (SSSR count). The largest absolute Gasteiger partial charge is 0.378 e. The van der Waals surface area contributed by atoms with E-state index in [0.717, 1.165) is 44.5 Å². The van der Waals surface area contributed by atoms with E-state index in [0.29, 0.717) is 6.42 Å². The first-order valence-corrected chi connectivity index (χ1v) is 6.98. The summed E-state index contributed by atoms with van der Waals surface area (Å²) in [4.78, 5) is 12.1. The summed E-state index contributed by atoms with van der Waals surface area (Å²) in [5.74, 6) is 0.190. The molecule has 1 unspecified atom stereocenters. The summed E-state index contributed by atoms with van der Waals surface area (Å²) in [6, 6.07) is 1.82. The van der Waals surface area contributed by atoms with Gasteiger partial charge in [0.1, 0.15) is 5.69 Å². The molecule has 0 radical (unpaired) electrons. The predicted octanol–water partition coefficient (Wildman–Crippen LogP) is 2.83. The Hall–Kier alpha value is -1.16. The molecule has 0 aromatic carbocycles. The number of rotatable bonds is 6. The summed E-state index contributed by atoms with van der Waals surface area (Å²) in [5, 5.41) is 4.19. The molecule has 1 aromatic heterocycles. The Morgan fingerprint density at radius 1 is 1.56 bits per heavy atom. The zero-order valence-electron chi connectivity index (χ0n) is 11.1. The van der Waals surface area contributed by atoms with Gasteiger partial charge in [0.15, 0.2) is 5.78 Å². The summed E-state index contributed by atoms with van der Waals surface area (Å²) in [6.07, 6.45) is 7.89. The fraction of sp³-hybridized carbons (Fsp3) is 0.714. The summed E-state index contributed by atoms with van der Waals surface area (Å²) >= 11 is 0. The van der Waals surface area contributed by atoms with Gasteiger partial charge < -0.3 is 4.74 Å². The van der Waals surface area contributed by atoms with Crippen LogP contribution in [0.2, 0.25) is 0 Å². The van der Waals surface area contributed by atoms with Crippen LogP contribution in [0.5, 0.6) is 0 Å². The second-order valence-corrected chi connectivity index (χ2v) is 4.89. The quantitative estimate of drug-likeness (QED) is 0.729. The van der Waals surface area contributed by atoms with Crippen LogP contribution >= 0.6 is 0 Å². The lowest BCUT2D eigenvalue weighted by molar-refractivity contribution is 0.0104. The van der Waals surface area contributed by atoms with E-state index in [9.17, 15) is 4.79 Å². The number of Topliss-reactive ketones (excluding diaryl/α,β-unsaturated/α-hetero) is 1. The van der Waals surface area contributed by atoms with Crippen LogP contribution in [0.3, 0.4) is 0 Å². The lowest BCUT2D eigenvalue weighted by Crippen LogP contribution is -2.20. The lowest BCUT2D eigenvalue weighted by Gasteiger charge is -2.22.